The van der Waals surface area contributed by atoms with E-state index in [-0.39, 0.29) is 29.4 Å². The van der Waals surface area contributed by atoms with Crippen molar-refractivity contribution < 1.29 is 23.9 Å². The van der Waals surface area contributed by atoms with Crippen molar-refractivity contribution in [1.82, 2.24) is 10.2 Å². The first-order valence-electron chi connectivity index (χ1n) is 10.0. The molecule has 2 aromatic rings. The predicted octanol–water partition coefficient (Wildman–Crippen LogP) is 3.15. The molecule has 2 aromatic carbocycles. The van der Waals surface area contributed by atoms with E-state index in [2.05, 4.69) is 10.2 Å². The van der Waals surface area contributed by atoms with Gasteiger partial charge in [0.15, 0.2) is 5.75 Å². The topological polar surface area (TPSA) is 103 Å². The average Bonchev–Trinajstić information content (AvgIpc) is 3.29. The van der Waals surface area contributed by atoms with Gasteiger partial charge < -0.3 is 19.5 Å². The van der Waals surface area contributed by atoms with Gasteiger partial charge in [0.05, 0.1) is 26.3 Å². The zero-order chi connectivity index (χ0) is 22.4. The van der Waals surface area contributed by atoms with E-state index >= 15 is 0 Å². The van der Waals surface area contributed by atoms with Gasteiger partial charge in [0.25, 0.3) is 5.91 Å². The van der Waals surface area contributed by atoms with Gasteiger partial charge >= 0.3 is 5.69 Å². The van der Waals surface area contributed by atoms with Crippen molar-refractivity contribution in [2.45, 2.75) is 25.9 Å². The van der Waals surface area contributed by atoms with Crippen LogP contribution in [0, 0.1) is 10.1 Å². The maximum atomic E-state index is 13.0. The van der Waals surface area contributed by atoms with Gasteiger partial charge in [-0.2, -0.15) is 0 Å². The Labute approximate surface area is 181 Å². The number of hydrogen-bond donors (Lipinski definition) is 1. The Morgan fingerprint density at radius 1 is 1.06 bits per heavy atom. The van der Waals surface area contributed by atoms with E-state index in [0.717, 1.165) is 30.8 Å². The second kappa shape index (κ2) is 10.1. The van der Waals surface area contributed by atoms with E-state index in [1.54, 1.807) is 0 Å². The molecule has 0 atom stereocenters. The Balaban J connectivity index is 1.86. The SMILES string of the molecule is COc1cc(C(=O)NCc2ccccc2CN2CCCC2)c([N+](=O)[O-])c(OC)c1OC. The highest BCUT2D eigenvalue weighted by Crippen LogP contribution is 2.46. The first-order valence-corrected chi connectivity index (χ1v) is 10.0. The number of rotatable bonds is 9. The molecule has 0 aromatic heterocycles. The Bertz CT molecular complexity index is 957. The third-order valence-corrected chi connectivity index (χ3v) is 5.38. The van der Waals surface area contributed by atoms with Crippen LogP contribution in [0.25, 0.3) is 0 Å². The average molecular weight is 429 g/mol. The number of nitro groups is 1. The molecule has 0 aliphatic carbocycles. The molecule has 1 fully saturated rings. The lowest BCUT2D eigenvalue weighted by Crippen LogP contribution is -2.26. The lowest BCUT2D eigenvalue weighted by molar-refractivity contribution is -0.386. The molecule has 0 spiro atoms. The van der Waals surface area contributed by atoms with E-state index in [9.17, 15) is 14.9 Å². The van der Waals surface area contributed by atoms with E-state index in [1.807, 2.05) is 24.3 Å². The highest BCUT2D eigenvalue weighted by Gasteiger charge is 2.32. The molecule has 9 nitrogen and oxygen atoms in total. The summed E-state index contributed by atoms with van der Waals surface area (Å²) < 4.78 is 15.6. The third-order valence-electron chi connectivity index (χ3n) is 5.38. The van der Waals surface area contributed by atoms with Crippen LogP contribution in [0.3, 0.4) is 0 Å². The second-order valence-electron chi connectivity index (χ2n) is 7.23. The minimum atomic E-state index is -0.656. The molecule has 31 heavy (non-hydrogen) atoms. The fourth-order valence-corrected chi connectivity index (χ4v) is 3.83. The number of nitrogens with zero attached hydrogens (tertiary/aromatic N) is 2. The van der Waals surface area contributed by atoms with Crippen LogP contribution in [0.1, 0.15) is 34.3 Å². The highest BCUT2D eigenvalue weighted by atomic mass is 16.6. The molecular formula is C22H27N3O6. The molecule has 9 heteroatoms. The molecule has 0 unspecified atom stereocenters. The van der Waals surface area contributed by atoms with Crippen LogP contribution in [-0.2, 0) is 13.1 Å². The number of carbonyl (C=O) groups excluding carboxylic acids is 1. The first-order chi connectivity index (χ1) is 15.0. The predicted molar refractivity (Wildman–Crippen MR) is 115 cm³/mol. The van der Waals surface area contributed by atoms with Crippen molar-refractivity contribution in [1.29, 1.82) is 0 Å². The summed E-state index contributed by atoms with van der Waals surface area (Å²) in [7, 11) is 4.02. The summed E-state index contributed by atoms with van der Waals surface area (Å²) in [6, 6.07) is 9.18. The summed E-state index contributed by atoms with van der Waals surface area (Å²) in [5.41, 5.74) is 1.47. The van der Waals surface area contributed by atoms with Crippen molar-refractivity contribution >= 4 is 11.6 Å². The normalized spacial score (nSPS) is 13.6. The van der Waals surface area contributed by atoms with E-state index in [0.29, 0.717) is 0 Å². The molecule has 1 aliphatic heterocycles. The van der Waals surface area contributed by atoms with Crippen LogP contribution in [0.4, 0.5) is 5.69 Å². The lowest BCUT2D eigenvalue weighted by Gasteiger charge is -2.18. The molecule has 166 valence electrons. The largest absolute Gasteiger partial charge is 0.493 e. The number of hydrogen-bond acceptors (Lipinski definition) is 7. The number of ether oxygens (including phenoxy) is 3. The summed E-state index contributed by atoms with van der Waals surface area (Å²) in [6.45, 7) is 3.20. The van der Waals surface area contributed by atoms with Crippen LogP contribution in [0.5, 0.6) is 17.2 Å². The zero-order valence-corrected chi connectivity index (χ0v) is 18.0. The number of benzene rings is 2. The summed E-state index contributed by atoms with van der Waals surface area (Å²) >= 11 is 0. The number of nitrogens with one attached hydrogen (secondary N) is 1. The maximum absolute atomic E-state index is 13.0. The number of methoxy groups -OCH3 is 3. The maximum Gasteiger partial charge on any atom is 0.327 e. The number of likely N-dealkylation sites (tertiary alicyclic amines) is 1. The van der Waals surface area contributed by atoms with Gasteiger partial charge in [-0.3, -0.25) is 19.8 Å². The van der Waals surface area contributed by atoms with Crippen molar-refractivity contribution in [3.63, 3.8) is 0 Å². The zero-order valence-electron chi connectivity index (χ0n) is 18.0. The molecular weight excluding hydrogens is 402 g/mol. The van der Waals surface area contributed by atoms with E-state index in [4.69, 9.17) is 14.2 Å². The smallest absolute Gasteiger partial charge is 0.327 e. The van der Waals surface area contributed by atoms with Crippen LogP contribution in [0.15, 0.2) is 30.3 Å². The Kier molecular flexibility index (Phi) is 7.30. The molecule has 3 rings (SSSR count). The third kappa shape index (κ3) is 4.88. The van der Waals surface area contributed by atoms with Crippen LogP contribution >= 0.6 is 0 Å². The summed E-state index contributed by atoms with van der Waals surface area (Å²) in [6.07, 6.45) is 2.40. The van der Waals surface area contributed by atoms with Gasteiger partial charge in [0.1, 0.15) is 5.56 Å². The van der Waals surface area contributed by atoms with Crippen molar-refractivity contribution in [2.24, 2.45) is 0 Å². The molecule has 0 saturated carbocycles. The van der Waals surface area contributed by atoms with Crippen LogP contribution in [0.2, 0.25) is 0 Å². The molecule has 1 saturated heterocycles. The molecule has 0 radical (unpaired) electrons. The van der Waals surface area contributed by atoms with Gasteiger partial charge in [-0.05, 0) is 37.1 Å². The van der Waals surface area contributed by atoms with Gasteiger partial charge in [0, 0.05) is 19.2 Å². The highest BCUT2D eigenvalue weighted by molar-refractivity contribution is 6.00. The quantitative estimate of drug-likeness (QED) is 0.482. The van der Waals surface area contributed by atoms with Crippen molar-refractivity contribution in [2.75, 3.05) is 34.4 Å². The standard InChI is InChI=1S/C22H27N3O6/c1-29-18-12-17(19(25(27)28)21(31-3)20(18)30-2)22(26)23-13-15-8-4-5-9-16(15)14-24-10-6-7-11-24/h4-5,8-9,12H,6-7,10-11,13-14H2,1-3H3,(H,23,26). The fraction of sp³-hybridized carbons (Fsp3) is 0.409. The molecule has 1 aliphatic rings. The second-order valence-corrected chi connectivity index (χ2v) is 7.23. The van der Waals surface area contributed by atoms with E-state index in [1.165, 1.54) is 40.2 Å². The van der Waals surface area contributed by atoms with Gasteiger partial charge in [-0.25, -0.2) is 0 Å². The van der Waals surface area contributed by atoms with Crippen molar-refractivity contribution in [3.05, 3.63) is 57.1 Å². The minimum Gasteiger partial charge on any atom is -0.493 e. The molecule has 1 amide bonds. The van der Waals surface area contributed by atoms with E-state index < -0.39 is 16.5 Å². The number of nitro benzene ring substituents is 1. The summed E-state index contributed by atoms with van der Waals surface area (Å²) in [4.78, 5) is 26.4. The first kappa shape index (κ1) is 22.4. The Morgan fingerprint density at radius 3 is 2.29 bits per heavy atom. The Hall–Kier alpha value is -3.33. The lowest BCUT2D eigenvalue weighted by atomic mass is 10.1. The summed E-state index contributed by atoms with van der Waals surface area (Å²) in [5, 5.41) is 14.5. The van der Waals surface area contributed by atoms with Crippen molar-refractivity contribution in [3.8, 4) is 17.2 Å². The van der Waals surface area contributed by atoms with Gasteiger partial charge in [-0.15, -0.1) is 0 Å². The summed E-state index contributed by atoms with van der Waals surface area (Å²) in [5.74, 6) is -0.526. The van der Waals surface area contributed by atoms with Crippen LogP contribution < -0.4 is 19.5 Å². The van der Waals surface area contributed by atoms with Crippen LogP contribution in [-0.4, -0.2) is 50.1 Å². The fourth-order valence-electron chi connectivity index (χ4n) is 3.83. The van der Waals surface area contributed by atoms with Gasteiger partial charge in [-0.1, -0.05) is 24.3 Å². The molecule has 1 N–H and O–H groups in total. The Morgan fingerprint density at radius 2 is 1.71 bits per heavy atom. The molecule has 1 heterocycles. The number of amides is 1. The molecule has 0 bridgehead atoms. The number of carbonyl (C=O) groups is 1. The van der Waals surface area contributed by atoms with Gasteiger partial charge in [0.2, 0.25) is 11.5 Å². The minimum absolute atomic E-state index is 0.0595. The monoisotopic (exact) mass is 429 g/mol.